The Morgan fingerprint density at radius 3 is 2.40 bits per heavy atom. The summed E-state index contributed by atoms with van der Waals surface area (Å²) in [6, 6.07) is 6.87. The van der Waals surface area contributed by atoms with Crippen molar-refractivity contribution in [3.63, 3.8) is 0 Å². The number of alkyl halides is 2. The van der Waals surface area contributed by atoms with E-state index in [4.69, 9.17) is 0 Å². The first-order valence-corrected chi connectivity index (χ1v) is 7.49. The molecule has 1 aliphatic rings. The van der Waals surface area contributed by atoms with E-state index in [1.165, 1.54) is 0 Å². The van der Waals surface area contributed by atoms with E-state index < -0.39 is 5.76 Å². The Morgan fingerprint density at radius 1 is 1.30 bits per heavy atom. The van der Waals surface area contributed by atoms with Gasteiger partial charge in [-0.2, -0.15) is 8.78 Å². The summed E-state index contributed by atoms with van der Waals surface area (Å²) in [7, 11) is 1.93. The molecule has 2 rings (SSSR count). The van der Waals surface area contributed by atoms with Crippen LogP contribution >= 0.6 is 11.8 Å². The molecule has 0 bridgehead atoms. The van der Waals surface area contributed by atoms with Gasteiger partial charge in [0, 0.05) is 29.6 Å². The minimum atomic E-state index is -2.43. The van der Waals surface area contributed by atoms with Gasteiger partial charge in [0.05, 0.1) is 0 Å². The highest BCUT2D eigenvalue weighted by molar-refractivity contribution is 7.99. The second-order valence-corrected chi connectivity index (χ2v) is 5.82. The van der Waals surface area contributed by atoms with E-state index in [0.29, 0.717) is 28.3 Å². The molecule has 1 aromatic rings. The largest absolute Gasteiger partial charge is 0.339 e. The Bertz CT molecular complexity index is 445. The number of thioether (sulfide) groups is 1. The van der Waals surface area contributed by atoms with Crippen molar-refractivity contribution in [3.8, 4) is 0 Å². The summed E-state index contributed by atoms with van der Waals surface area (Å²) in [6.45, 7) is 1.47. The van der Waals surface area contributed by atoms with Gasteiger partial charge >= 0.3 is 0 Å². The maximum absolute atomic E-state index is 12.3. The van der Waals surface area contributed by atoms with Crippen LogP contribution in [0.1, 0.15) is 23.2 Å². The number of hydrogen-bond donors (Lipinski definition) is 1. The van der Waals surface area contributed by atoms with Crippen LogP contribution in [0.15, 0.2) is 29.2 Å². The average molecular weight is 300 g/mol. The predicted octanol–water partition coefficient (Wildman–Crippen LogP) is 2.83. The van der Waals surface area contributed by atoms with Gasteiger partial charge in [-0.3, -0.25) is 4.79 Å². The lowest BCUT2D eigenvalue weighted by Gasteiger charge is -2.31. The summed E-state index contributed by atoms with van der Waals surface area (Å²) in [5.41, 5.74) is 0.562. The standard InChI is InChI=1S/C14H18F2N2OS/c1-17-11-6-8-18(9-7-11)13(19)10-2-4-12(5-3-10)20-14(15)16/h2-5,11,14,17H,6-9H2,1H3. The molecule has 0 unspecified atom stereocenters. The molecule has 0 saturated carbocycles. The fraction of sp³-hybridized carbons (Fsp3) is 0.500. The summed E-state index contributed by atoms with van der Waals surface area (Å²) in [5.74, 6) is -2.45. The number of carbonyl (C=O) groups excluding carboxylic acids is 1. The Morgan fingerprint density at radius 2 is 1.90 bits per heavy atom. The highest BCUT2D eigenvalue weighted by Gasteiger charge is 2.22. The molecule has 110 valence electrons. The van der Waals surface area contributed by atoms with Crippen molar-refractivity contribution < 1.29 is 13.6 Å². The molecule has 1 aromatic carbocycles. The highest BCUT2D eigenvalue weighted by atomic mass is 32.2. The predicted molar refractivity (Wildman–Crippen MR) is 76.3 cm³/mol. The summed E-state index contributed by atoms with van der Waals surface area (Å²) in [4.78, 5) is 14.6. The fourth-order valence-corrected chi connectivity index (χ4v) is 2.83. The first kappa shape index (κ1) is 15.3. The van der Waals surface area contributed by atoms with Crippen LogP contribution in [0.25, 0.3) is 0 Å². The van der Waals surface area contributed by atoms with Crippen LogP contribution in [-0.4, -0.2) is 42.7 Å². The van der Waals surface area contributed by atoms with Crippen LogP contribution in [-0.2, 0) is 0 Å². The molecule has 1 saturated heterocycles. The lowest BCUT2D eigenvalue weighted by molar-refractivity contribution is 0.0707. The van der Waals surface area contributed by atoms with Gasteiger partial charge in [0.1, 0.15) is 0 Å². The van der Waals surface area contributed by atoms with Crippen LogP contribution in [0.2, 0.25) is 0 Å². The van der Waals surface area contributed by atoms with E-state index in [0.717, 1.165) is 25.9 Å². The van der Waals surface area contributed by atoms with Crippen LogP contribution in [0.3, 0.4) is 0 Å². The fourth-order valence-electron chi connectivity index (χ4n) is 2.33. The molecule has 1 N–H and O–H groups in total. The Hall–Kier alpha value is -1.14. The van der Waals surface area contributed by atoms with Gasteiger partial charge in [-0.05, 0) is 44.2 Å². The zero-order valence-corrected chi connectivity index (χ0v) is 12.1. The molecule has 0 atom stereocenters. The van der Waals surface area contributed by atoms with Crippen LogP contribution in [0.5, 0.6) is 0 Å². The third kappa shape index (κ3) is 3.93. The van der Waals surface area contributed by atoms with Crippen molar-refractivity contribution >= 4 is 17.7 Å². The van der Waals surface area contributed by atoms with Crippen molar-refractivity contribution in [1.29, 1.82) is 0 Å². The number of carbonyl (C=O) groups is 1. The number of likely N-dealkylation sites (tertiary alicyclic amines) is 1. The Balaban J connectivity index is 1.95. The zero-order chi connectivity index (χ0) is 14.5. The van der Waals surface area contributed by atoms with Gasteiger partial charge in [0.2, 0.25) is 0 Å². The van der Waals surface area contributed by atoms with Gasteiger partial charge in [-0.15, -0.1) is 0 Å². The number of nitrogens with one attached hydrogen (secondary N) is 1. The van der Waals surface area contributed by atoms with E-state index >= 15 is 0 Å². The number of rotatable bonds is 4. The number of halogens is 2. The Kier molecular flexibility index (Phi) is 5.37. The van der Waals surface area contributed by atoms with E-state index in [9.17, 15) is 13.6 Å². The molecule has 0 spiro atoms. The molecular formula is C14H18F2N2OS. The minimum Gasteiger partial charge on any atom is -0.339 e. The second-order valence-electron chi connectivity index (χ2n) is 4.76. The molecule has 1 fully saturated rings. The van der Waals surface area contributed by atoms with Gasteiger partial charge in [-0.1, -0.05) is 11.8 Å². The first-order valence-electron chi connectivity index (χ1n) is 6.61. The molecule has 1 heterocycles. The normalized spacial score (nSPS) is 16.7. The molecule has 1 aliphatic heterocycles. The lowest BCUT2D eigenvalue weighted by Crippen LogP contribution is -2.43. The van der Waals surface area contributed by atoms with Crippen molar-refractivity contribution in [2.45, 2.75) is 29.5 Å². The average Bonchev–Trinajstić information content (AvgIpc) is 2.47. The van der Waals surface area contributed by atoms with Crippen molar-refractivity contribution in [2.75, 3.05) is 20.1 Å². The quantitative estimate of drug-likeness (QED) is 0.868. The number of amides is 1. The maximum atomic E-state index is 12.3. The van der Waals surface area contributed by atoms with Crippen LogP contribution in [0.4, 0.5) is 8.78 Å². The number of nitrogens with zero attached hydrogens (tertiary/aromatic N) is 1. The van der Waals surface area contributed by atoms with Gasteiger partial charge in [-0.25, -0.2) is 0 Å². The van der Waals surface area contributed by atoms with Crippen LogP contribution in [0, 0.1) is 0 Å². The molecule has 3 nitrogen and oxygen atoms in total. The molecule has 1 amide bonds. The zero-order valence-electron chi connectivity index (χ0n) is 11.3. The topological polar surface area (TPSA) is 32.3 Å². The van der Waals surface area contributed by atoms with E-state index in [2.05, 4.69) is 5.32 Å². The second kappa shape index (κ2) is 7.04. The van der Waals surface area contributed by atoms with Gasteiger partial charge < -0.3 is 10.2 Å². The molecular weight excluding hydrogens is 282 g/mol. The number of hydrogen-bond acceptors (Lipinski definition) is 3. The molecule has 20 heavy (non-hydrogen) atoms. The summed E-state index contributed by atoms with van der Waals surface area (Å²) in [5, 5.41) is 3.22. The number of piperidine rings is 1. The van der Waals surface area contributed by atoms with Crippen LogP contribution < -0.4 is 5.32 Å². The minimum absolute atomic E-state index is 0.0202. The van der Waals surface area contributed by atoms with Gasteiger partial charge in [0.15, 0.2) is 0 Å². The monoisotopic (exact) mass is 300 g/mol. The number of benzene rings is 1. The van der Waals surface area contributed by atoms with E-state index in [-0.39, 0.29) is 5.91 Å². The molecule has 6 heteroatoms. The van der Waals surface area contributed by atoms with Crippen molar-refractivity contribution in [3.05, 3.63) is 29.8 Å². The third-order valence-electron chi connectivity index (χ3n) is 3.52. The lowest BCUT2D eigenvalue weighted by atomic mass is 10.0. The molecule has 0 aliphatic carbocycles. The third-order valence-corrected chi connectivity index (χ3v) is 4.24. The summed E-state index contributed by atoms with van der Waals surface area (Å²) < 4.78 is 24.4. The molecule has 0 radical (unpaired) electrons. The van der Waals surface area contributed by atoms with Crippen molar-refractivity contribution in [2.24, 2.45) is 0 Å². The van der Waals surface area contributed by atoms with Gasteiger partial charge in [0.25, 0.3) is 11.7 Å². The maximum Gasteiger partial charge on any atom is 0.288 e. The smallest absolute Gasteiger partial charge is 0.288 e. The Labute approximate surface area is 121 Å². The van der Waals surface area contributed by atoms with E-state index in [1.807, 2.05) is 11.9 Å². The highest BCUT2D eigenvalue weighted by Crippen LogP contribution is 2.25. The SMILES string of the molecule is CNC1CCN(C(=O)c2ccc(SC(F)F)cc2)CC1. The molecule has 0 aromatic heterocycles. The van der Waals surface area contributed by atoms with E-state index in [1.54, 1.807) is 24.3 Å². The first-order chi connectivity index (χ1) is 9.60. The van der Waals surface area contributed by atoms with Crippen molar-refractivity contribution in [1.82, 2.24) is 10.2 Å². The summed E-state index contributed by atoms with van der Waals surface area (Å²) >= 11 is 0.491. The summed E-state index contributed by atoms with van der Waals surface area (Å²) in [6.07, 6.45) is 1.89.